The van der Waals surface area contributed by atoms with Crippen molar-refractivity contribution in [3.8, 4) is 0 Å². The van der Waals surface area contributed by atoms with Crippen LogP contribution in [0.1, 0.15) is 19.3 Å². The van der Waals surface area contributed by atoms with Gasteiger partial charge in [0.05, 0.1) is 5.54 Å². The summed E-state index contributed by atoms with van der Waals surface area (Å²) in [5.41, 5.74) is 0.259. The third kappa shape index (κ3) is 2.38. The minimum Gasteiger partial charge on any atom is -0.312 e. The number of carbonyl (C=O) groups is 1. The number of fused-ring (bicyclic) bond motifs is 2. The summed E-state index contributed by atoms with van der Waals surface area (Å²) in [6, 6.07) is 1.18. The molecule has 0 amide bonds. The monoisotopic (exact) mass is 587 g/mol. The van der Waals surface area contributed by atoms with Gasteiger partial charge in [-0.3, -0.25) is 4.79 Å². The van der Waals surface area contributed by atoms with E-state index >= 15 is 0 Å². The van der Waals surface area contributed by atoms with Gasteiger partial charge >= 0.3 is 0 Å². The molecule has 4 rings (SSSR count). The molecular formula is C11H16I3N3O. The lowest BCUT2D eigenvalue weighted by molar-refractivity contribution is -0.115. The molecule has 4 fully saturated rings. The van der Waals surface area contributed by atoms with Gasteiger partial charge in [0, 0.05) is 76.8 Å². The van der Waals surface area contributed by atoms with E-state index in [9.17, 15) is 4.79 Å². The first-order valence-corrected chi connectivity index (χ1v) is 9.32. The van der Waals surface area contributed by atoms with Crippen molar-refractivity contribution in [1.29, 1.82) is 0 Å². The van der Waals surface area contributed by atoms with Crippen molar-refractivity contribution in [1.82, 2.24) is 11.5 Å². The summed E-state index contributed by atoms with van der Waals surface area (Å²) in [7, 11) is 0. The molecule has 4 atom stereocenters. The molecule has 0 aliphatic carbocycles. The highest BCUT2D eigenvalue weighted by Crippen LogP contribution is 2.49. The number of hydrogen-bond donors (Lipinski definition) is 1. The molecule has 4 unspecified atom stereocenters. The van der Waals surface area contributed by atoms with Crippen molar-refractivity contribution in [2.45, 2.75) is 36.9 Å². The summed E-state index contributed by atoms with van der Waals surface area (Å²) in [5.74, 6) is 0.264. The summed E-state index contributed by atoms with van der Waals surface area (Å²) in [4.78, 5) is 11.6. The number of piperidine rings is 2. The van der Waals surface area contributed by atoms with Crippen molar-refractivity contribution < 1.29 is 4.79 Å². The van der Waals surface area contributed by atoms with Gasteiger partial charge in [-0.2, -0.15) is 0 Å². The van der Waals surface area contributed by atoms with E-state index in [-0.39, 0.29) is 11.5 Å². The van der Waals surface area contributed by atoms with Gasteiger partial charge in [-0.05, 0) is 48.4 Å². The second-order valence-corrected chi connectivity index (χ2v) is 9.08. The zero-order valence-electron chi connectivity index (χ0n) is 9.91. The molecule has 0 radical (unpaired) electrons. The fourth-order valence-electron chi connectivity index (χ4n) is 3.62. The van der Waals surface area contributed by atoms with Crippen LogP contribution in [0.25, 0.3) is 0 Å². The highest BCUT2D eigenvalue weighted by atomic mass is 127. The third-order valence-corrected chi connectivity index (χ3v) is 7.93. The van der Waals surface area contributed by atoms with Gasteiger partial charge in [0.2, 0.25) is 0 Å². The molecule has 4 nitrogen and oxygen atoms in total. The largest absolute Gasteiger partial charge is 0.312 e. The number of hydrogen-bond acceptors (Lipinski definition) is 4. The van der Waals surface area contributed by atoms with Crippen molar-refractivity contribution in [2.75, 3.05) is 19.6 Å². The Hall–Kier alpha value is 1.74. The summed E-state index contributed by atoms with van der Waals surface area (Å²) in [6.45, 7) is 3.28. The first-order valence-electron chi connectivity index (χ1n) is 6.31. The van der Waals surface area contributed by atoms with E-state index in [1.165, 1.54) is 13.0 Å². The lowest BCUT2D eigenvalue weighted by Crippen LogP contribution is -2.79. The minimum atomic E-state index is 0.259. The zero-order chi connectivity index (χ0) is 12.9. The topological polar surface area (TPSA) is 35.6 Å². The maximum atomic E-state index is 11.6. The standard InChI is InChI=1S/C11H16I3N3O/c12-10(18)7-1-2-15-9(3-7)11-4-8(17(11)14)5-16(13)6-11/h7-9,15H,1-6H2. The molecule has 7 heteroatoms. The van der Waals surface area contributed by atoms with E-state index in [0.717, 1.165) is 25.9 Å². The fraction of sp³-hybridized carbons (Fsp3) is 0.909. The second-order valence-electron chi connectivity index (χ2n) is 5.61. The van der Waals surface area contributed by atoms with Crippen LogP contribution in [0.4, 0.5) is 0 Å². The molecule has 0 aromatic carbocycles. The van der Waals surface area contributed by atoms with Crippen LogP contribution in [0.3, 0.4) is 0 Å². The van der Waals surface area contributed by atoms with Crippen molar-refractivity contribution >= 4 is 72.1 Å². The van der Waals surface area contributed by atoms with Crippen LogP contribution in [0.2, 0.25) is 0 Å². The lowest BCUT2D eigenvalue weighted by Gasteiger charge is -2.64. The molecule has 4 aliphatic heterocycles. The Morgan fingerprint density at radius 3 is 2.83 bits per heavy atom. The van der Waals surface area contributed by atoms with E-state index < -0.39 is 0 Å². The molecule has 4 aliphatic rings. The normalized spacial score (nSPS) is 45.6. The molecule has 18 heavy (non-hydrogen) atoms. The van der Waals surface area contributed by atoms with Crippen LogP contribution in [0, 0.1) is 5.92 Å². The predicted molar refractivity (Wildman–Crippen MR) is 96.1 cm³/mol. The Morgan fingerprint density at radius 1 is 1.39 bits per heavy atom. The van der Waals surface area contributed by atoms with Crippen molar-refractivity contribution in [3.05, 3.63) is 0 Å². The second kappa shape index (κ2) is 5.50. The summed E-state index contributed by atoms with van der Waals surface area (Å²) in [5, 5.41) is 3.67. The first kappa shape index (κ1) is 14.7. The molecule has 0 spiro atoms. The van der Waals surface area contributed by atoms with Crippen LogP contribution < -0.4 is 5.32 Å². The first-order chi connectivity index (χ1) is 8.53. The summed E-state index contributed by atoms with van der Waals surface area (Å²) >= 11 is 6.92. The highest BCUT2D eigenvalue weighted by molar-refractivity contribution is 14.1. The molecule has 102 valence electrons. The van der Waals surface area contributed by atoms with Gasteiger partial charge in [0.15, 0.2) is 3.79 Å². The zero-order valence-corrected chi connectivity index (χ0v) is 16.4. The lowest BCUT2D eigenvalue weighted by atomic mass is 9.69. The maximum absolute atomic E-state index is 11.6. The van der Waals surface area contributed by atoms with E-state index in [4.69, 9.17) is 0 Å². The smallest absolute Gasteiger partial charge is 0.195 e. The van der Waals surface area contributed by atoms with Crippen LogP contribution in [-0.2, 0) is 4.79 Å². The third-order valence-electron chi connectivity index (χ3n) is 4.56. The molecule has 4 heterocycles. The van der Waals surface area contributed by atoms with Crippen LogP contribution >= 0.6 is 68.3 Å². The molecule has 0 aromatic heterocycles. The van der Waals surface area contributed by atoms with Crippen LogP contribution in [0.15, 0.2) is 0 Å². The number of carbonyl (C=O) groups excluding carboxylic acids is 1. The average molecular weight is 587 g/mol. The Kier molecular flexibility index (Phi) is 4.48. The van der Waals surface area contributed by atoms with Gasteiger partial charge in [-0.15, -0.1) is 0 Å². The highest BCUT2D eigenvalue weighted by Gasteiger charge is 2.60. The number of rotatable bonds is 2. The van der Waals surface area contributed by atoms with E-state index in [1.54, 1.807) is 0 Å². The van der Waals surface area contributed by atoms with Crippen LogP contribution in [-0.4, -0.2) is 47.3 Å². The van der Waals surface area contributed by atoms with Gasteiger partial charge in [0.25, 0.3) is 0 Å². The number of nitrogens with zero attached hydrogens (tertiary/aromatic N) is 2. The van der Waals surface area contributed by atoms with Gasteiger partial charge in [-0.1, -0.05) is 0 Å². The van der Waals surface area contributed by atoms with Crippen molar-refractivity contribution in [3.63, 3.8) is 0 Å². The van der Waals surface area contributed by atoms with E-state index in [2.05, 4.69) is 57.3 Å². The number of halogens is 3. The summed E-state index contributed by atoms with van der Waals surface area (Å²) < 4.78 is 5.28. The maximum Gasteiger partial charge on any atom is 0.195 e. The molecule has 4 saturated heterocycles. The average Bonchev–Trinajstić information content (AvgIpc) is 2.37. The Bertz CT molecular complexity index is 369. The van der Waals surface area contributed by atoms with Gasteiger partial charge in [0.1, 0.15) is 0 Å². The fourth-order valence-corrected chi connectivity index (χ4v) is 6.29. The van der Waals surface area contributed by atoms with Gasteiger partial charge in [-0.25, -0.2) is 6.23 Å². The molecule has 1 N–H and O–H groups in total. The van der Waals surface area contributed by atoms with E-state index in [1.807, 2.05) is 22.6 Å². The quantitative estimate of drug-likeness (QED) is 0.306. The Morgan fingerprint density at radius 2 is 2.17 bits per heavy atom. The molecule has 0 aromatic rings. The summed E-state index contributed by atoms with van der Waals surface area (Å²) in [6.07, 6.45) is 3.31. The predicted octanol–water partition coefficient (Wildman–Crippen LogP) is 2.14. The van der Waals surface area contributed by atoms with Crippen LogP contribution in [0.5, 0.6) is 0 Å². The Labute approximate surface area is 149 Å². The number of piperazine rings is 1. The molecular weight excluding hydrogens is 571 g/mol. The minimum absolute atomic E-state index is 0.259. The van der Waals surface area contributed by atoms with Gasteiger partial charge < -0.3 is 5.32 Å². The molecule has 0 saturated carbocycles. The molecule has 2 bridgehead atoms. The van der Waals surface area contributed by atoms with Crippen molar-refractivity contribution in [2.24, 2.45) is 5.92 Å². The number of nitrogens with one attached hydrogen (secondary N) is 1. The van der Waals surface area contributed by atoms with E-state index in [0.29, 0.717) is 15.9 Å². The SMILES string of the molecule is O=C(I)C1CCNC(C23CC(CN(I)C2)N3I)C1. The Balaban J connectivity index is 1.75.